The minimum absolute atomic E-state index is 0.139. The highest BCUT2D eigenvalue weighted by Gasteiger charge is 2.20. The van der Waals surface area contributed by atoms with Gasteiger partial charge in [0.25, 0.3) is 0 Å². The molecule has 0 amide bonds. The predicted octanol–water partition coefficient (Wildman–Crippen LogP) is 3.64. The number of benzene rings is 1. The second-order valence-corrected chi connectivity index (χ2v) is 5.55. The molecule has 19 heavy (non-hydrogen) atoms. The number of hydrogen-bond acceptors (Lipinski definition) is 3. The lowest BCUT2D eigenvalue weighted by Gasteiger charge is -2.24. The van der Waals surface area contributed by atoms with Crippen molar-refractivity contribution in [3.8, 4) is 11.5 Å². The van der Waals surface area contributed by atoms with Crippen LogP contribution >= 0.6 is 0 Å². The maximum absolute atomic E-state index is 5.95. The molecule has 0 fully saturated rings. The van der Waals surface area contributed by atoms with Gasteiger partial charge >= 0.3 is 0 Å². The number of rotatable bonds is 5. The third-order valence-electron chi connectivity index (χ3n) is 3.22. The van der Waals surface area contributed by atoms with E-state index in [1.807, 2.05) is 27.7 Å². The number of ether oxygens (including phenoxy) is 2. The minimum Gasteiger partial charge on any atom is -0.490 e. The molecule has 0 saturated carbocycles. The summed E-state index contributed by atoms with van der Waals surface area (Å²) in [6.07, 6.45) is 0.291. The lowest BCUT2D eigenvalue weighted by atomic mass is 9.97. The van der Waals surface area contributed by atoms with Crippen molar-refractivity contribution in [1.82, 2.24) is 0 Å². The van der Waals surface area contributed by atoms with Gasteiger partial charge in [-0.2, -0.15) is 0 Å². The van der Waals surface area contributed by atoms with Crippen molar-refractivity contribution < 1.29 is 9.47 Å². The van der Waals surface area contributed by atoms with Crippen molar-refractivity contribution in [1.29, 1.82) is 0 Å². The summed E-state index contributed by atoms with van der Waals surface area (Å²) in [5, 5.41) is 0. The average molecular weight is 265 g/mol. The first-order valence-electron chi connectivity index (χ1n) is 6.95. The van der Waals surface area contributed by atoms with Crippen LogP contribution in [0.2, 0.25) is 0 Å². The van der Waals surface area contributed by atoms with E-state index in [9.17, 15) is 0 Å². The van der Waals surface area contributed by atoms with E-state index in [-0.39, 0.29) is 12.2 Å². The lowest BCUT2D eigenvalue weighted by molar-refractivity contribution is 0.228. The molecule has 0 heterocycles. The molecule has 0 saturated heterocycles. The summed E-state index contributed by atoms with van der Waals surface area (Å²) in [7, 11) is 0. The van der Waals surface area contributed by atoms with Crippen molar-refractivity contribution in [2.45, 2.75) is 67.2 Å². The van der Waals surface area contributed by atoms with Gasteiger partial charge in [-0.3, -0.25) is 0 Å². The van der Waals surface area contributed by atoms with Gasteiger partial charge in [0.15, 0.2) is 0 Å². The van der Waals surface area contributed by atoms with Gasteiger partial charge in [-0.1, -0.05) is 0 Å². The van der Waals surface area contributed by atoms with Gasteiger partial charge in [0.2, 0.25) is 0 Å². The molecular formula is C16H27NO2. The summed E-state index contributed by atoms with van der Waals surface area (Å²) in [4.78, 5) is 0. The zero-order valence-electron chi connectivity index (χ0n) is 13.3. The molecule has 0 atom stereocenters. The summed E-state index contributed by atoms with van der Waals surface area (Å²) in [6.45, 7) is 14.8. The molecule has 3 nitrogen and oxygen atoms in total. The zero-order chi connectivity index (χ0) is 14.7. The highest BCUT2D eigenvalue weighted by Crippen LogP contribution is 2.38. The van der Waals surface area contributed by atoms with Crippen LogP contribution in [0.25, 0.3) is 0 Å². The van der Waals surface area contributed by atoms with E-state index >= 15 is 0 Å². The summed E-state index contributed by atoms with van der Waals surface area (Å²) in [5.74, 6) is 1.87. The molecule has 1 aromatic rings. The molecule has 1 rings (SSSR count). The van der Waals surface area contributed by atoms with Gasteiger partial charge < -0.3 is 15.2 Å². The van der Waals surface area contributed by atoms with E-state index in [1.165, 1.54) is 0 Å². The predicted molar refractivity (Wildman–Crippen MR) is 80.1 cm³/mol. The Hall–Kier alpha value is -1.22. The van der Waals surface area contributed by atoms with Gasteiger partial charge in [0.05, 0.1) is 12.2 Å². The molecule has 0 aliphatic carbocycles. The molecule has 0 aliphatic rings. The highest BCUT2D eigenvalue weighted by atomic mass is 16.5. The fourth-order valence-electron chi connectivity index (χ4n) is 2.21. The van der Waals surface area contributed by atoms with Gasteiger partial charge in [0, 0.05) is 12.1 Å². The molecule has 0 unspecified atom stereocenters. The summed E-state index contributed by atoms with van der Waals surface area (Å²) in [5.41, 5.74) is 10.3. The third kappa shape index (κ3) is 3.41. The Balaban J connectivity index is 3.44. The van der Waals surface area contributed by atoms with Crippen LogP contribution in [0.15, 0.2) is 0 Å². The Morgan fingerprint density at radius 2 is 1.21 bits per heavy atom. The van der Waals surface area contributed by atoms with Gasteiger partial charge in [-0.15, -0.1) is 0 Å². The fraction of sp³-hybridized carbons (Fsp3) is 0.625. The quantitative estimate of drug-likeness (QED) is 0.884. The first-order valence-corrected chi connectivity index (χ1v) is 6.95. The van der Waals surface area contributed by atoms with Gasteiger partial charge in [0.1, 0.15) is 11.5 Å². The standard InChI is InChI=1S/C16H27NO2/c1-9(2)18-15-11(5)12(6)16(19-10(3)4)14(8-17)13(15)7/h9-10H,8,17H2,1-7H3. The number of nitrogens with two attached hydrogens (primary N) is 1. The minimum atomic E-state index is 0.139. The summed E-state index contributed by atoms with van der Waals surface area (Å²) >= 11 is 0. The van der Waals surface area contributed by atoms with Crippen LogP contribution in [-0.4, -0.2) is 12.2 Å². The monoisotopic (exact) mass is 265 g/mol. The van der Waals surface area contributed by atoms with Crippen molar-refractivity contribution in [3.63, 3.8) is 0 Å². The maximum Gasteiger partial charge on any atom is 0.127 e. The highest BCUT2D eigenvalue weighted by molar-refractivity contribution is 5.58. The van der Waals surface area contributed by atoms with Gasteiger partial charge in [-0.05, 0) is 65.2 Å². The van der Waals surface area contributed by atoms with Crippen LogP contribution in [0.4, 0.5) is 0 Å². The van der Waals surface area contributed by atoms with E-state index in [2.05, 4.69) is 20.8 Å². The van der Waals surface area contributed by atoms with Crippen molar-refractivity contribution in [2.24, 2.45) is 5.73 Å². The van der Waals surface area contributed by atoms with E-state index in [0.717, 1.165) is 33.8 Å². The summed E-state index contributed by atoms with van der Waals surface area (Å²) in [6, 6.07) is 0. The molecular weight excluding hydrogens is 238 g/mol. The maximum atomic E-state index is 5.95. The van der Waals surface area contributed by atoms with Crippen LogP contribution in [0.5, 0.6) is 11.5 Å². The molecule has 108 valence electrons. The summed E-state index contributed by atoms with van der Waals surface area (Å²) < 4.78 is 11.9. The molecule has 1 aromatic carbocycles. The third-order valence-corrected chi connectivity index (χ3v) is 3.22. The molecule has 3 heteroatoms. The second-order valence-electron chi connectivity index (χ2n) is 5.55. The molecule has 2 N–H and O–H groups in total. The Morgan fingerprint density at radius 3 is 1.63 bits per heavy atom. The van der Waals surface area contributed by atoms with Crippen molar-refractivity contribution in [2.75, 3.05) is 0 Å². The first kappa shape index (κ1) is 15.8. The molecule has 0 radical (unpaired) electrons. The Morgan fingerprint density at radius 1 is 0.789 bits per heavy atom. The van der Waals surface area contributed by atoms with E-state index in [1.54, 1.807) is 0 Å². The van der Waals surface area contributed by atoms with Crippen LogP contribution in [-0.2, 0) is 6.54 Å². The Labute approximate surface area is 117 Å². The SMILES string of the molecule is Cc1c(C)c(OC(C)C)c(CN)c(C)c1OC(C)C. The largest absolute Gasteiger partial charge is 0.490 e. The lowest BCUT2D eigenvalue weighted by Crippen LogP contribution is -2.15. The molecule has 0 spiro atoms. The zero-order valence-corrected chi connectivity index (χ0v) is 13.3. The fourth-order valence-corrected chi connectivity index (χ4v) is 2.21. The topological polar surface area (TPSA) is 44.5 Å². The molecule has 0 aliphatic heterocycles. The van der Waals surface area contributed by atoms with Gasteiger partial charge in [-0.25, -0.2) is 0 Å². The smallest absolute Gasteiger partial charge is 0.127 e. The van der Waals surface area contributed by atoms with Crippen LogP contribution in [0, 0.1) is 20.8 Å². The number of hydrogen-bond donors (Lipinski definition) is 1. The van der Waals surface area contributed by atoms with Crippen molar-refractivity contribution >= 4 is 0 Å². The van der Waals surface area contributed by atoms with E-state index in [4.69, 9.17) is 15.2 Å². The van der Waals surface area contributed by atoms with Crippen LogP contribution in [0.3, 0.4) is 0 Å². The molecule has 0 aromatic heterocycles. The molecule has 0 bridgehead atoms. The Kier molecular flexibility index (Phi) is 5.24. The van der Waals surface area contributed by atoms with Crippen LogP contribution < -0.4 is 15.2 Å². The normalized spacial score (nSPS) is 11.3. The second kappa shape index (κ2) is 6.29. The first-order chi connectivity index (χ1) is 8.79. The van der Waals surface area contributed by atoms with Crippen LogP contribution in [0.1, 0.15) is 49.9 Å². The Bertz CT molecular complexity index is 451. The van der Waals surface area contributed by atoms with Crippen molar-refractivity contribution in [3.05, 3.63) is 22.3 Å². The average Bonchev–Trinajstić information content (AvgIpc) is 2.31. The van der Waals surface area contributed by atoms with E-state index in [0.29, 0.717) is 6.54 Å². The van der Waals surface area contributed by atoms with E-state index < -0.39 is 0 Å².